The zero-order valence-electron chi connectivity index (χ0n) is 19.0. The number of nitrogen functional groups attached to an aromatic ring is 1. The summed E-state index contributed by atoms with van der Waals surface area (Å²) in [5, 5.41) is 23.4. The fourth-order valence-corrected chi connectivity index (χ4v) is 4.80. The molecule has 1 amide bonds. The number of primary amides is 1. The maximum Gasteiger partial charge on any atom is 0.459 e. The molecule has 2 aromatic rings. The smallest absolute Gasteiger partial charge is 0.459 e. The fourth-order valence-electron chi connectivity index (χ4n) is 3.30. The third-order valence-electron chi connectivity index (χ3n) is 5.05. The summed E-state index contributed by atoms with van der Waals surface area (Å²) in [5.41, 5.74) is 10.8. The summed E-state index contributed by atoms with van der Waals surface area (Å²) in [7, 11) is -4.21. The third-order valence-corrected chi connectivity index (χ3v) is 6.69. The van der Waals surface area contributed by atoms with E-state index in [1.54, 1.807) is 25.1 Å². The molecule has 192 valence electrons. The van der Waals surface area contributed by atoms with Gasteiger partial charge in [-0.3, -0.25) is 18.7 Å². The zero-order chi connectivity index (χ0) is 25.8. The summed E-state index contributed by atoms with van der Waals surface area (Å²) in [5.74, 6) is -1.54. The molecule has 7 N–H and O–H groups in total. The molecule has 1 aliphatic heterocycles. The molecule has 15 heteroatoms. The van der Waals surface area contributed by atoms with Crippen LogP contribution in [0.15, 0.2) is 36.7 Å². The lowest BCUT2D eigenvalue weighted by atomic mass is 10.1. The van der Waals surface area contributed by atoms with Crippen LogP contribution >= 0.6 is 7.75 Å². The van der Waals surface area contributed by atoms with E-state index in [9.17, 15) is 24.4 Å². The number of amides is 1. The minimum absolute atomic E-state index is 0.117. The second-order valence-electron chi connectivity index (χ2n) is 7.60. The van der Waals surface area contributed by atoms with Crippen molar-refractivity contribution in [2.24, 2.45) is 5.73 Å². The number of esters is 1. The van der Waals surface area contributed by atoms with Crippen molar-refractivity contribution in [2.45, 2.75) is 44.4 Å². The number of anilines is 1. The van der Waals surface area contributed by atoms with Gasteiger partial charge < -0.3 is 35.7 Å². The average molecular weight is 513 g/mol. The lowest BCUT2D eigenvalue weighted by Crippen LogP contribution is -2.37. The molecule has 3 rings (SSSR count). The number of aliphatic hydroxyl groups is 2. The van der Waals surface area contributed by atoms with E-state index in [-0.39, 0.29) is 23.9 Å². The van der Waals surface area contributed by atoms with Crippen LogP contribution in [0, 0.1) is 0 Å². The van der Waals surface area contributed by atoms with Crippen LogP contribution in [0.25, 0.3) is 0 Å². The molecule has 0 saturated carbocycles. The zero-order valence-corrected chi connectivity index (χ0v) is 19.9. The lowest BCUT2D eigenvalue weighted by molar-refractivity contribution is -0.144. The number of para-hydroxylation sites is 1. The molecule has 0 bridgehead atoms. The van der Waals surface area contributed by atoms with Crippen molar-refractivity contribution in [3.8, 4) is 5.75 Å². The minimum atomic E-state index is -4.21. The molecule has 1 saturated heterocycles. The topological polar surface area (TPSA) is 210 Å². The number of nitrogens with one attached hydrogen (secondary N) is 1. The van der Waals surface area contributed by atoms with Gasteiger partial charge in [-0.2, -0.15) is 5.09 Å². The van der Waals surface area contributed by atoms with Crippen molar-refractivity contribution >= 4 is 25.4 Å². The average Bonchev–Trinajstić information content (AvgIpc) is 3.32. The van der Waals surface area contributed by atoms with E-state index in [4.69, 9.17) is 30.0 Å². The van der Waals surface area contributed by atoms with E-state index in [2.05, 4.69) is 10.1 Å². The second kappa shape index (κ2) is 11.2. The van der Waals surface area contributed by atoms with Gasteiger partial charge in [-0.05, 0) is 26.0 Å². The summed E-state index contributed by atoms with van der Waals surface area (Å²) in [6.07, 6.45) is -4.29. The Morgan fingerprint density at radius 2 is 1.97 bits per heavy atom. The van der Waals surface area contributed by atoms with E-state index in [1.807, 2.05) is 0 Å². The molecular weight excluding hydrogens is 485 g/mol. The Balaban J connectivity index is 1.75. The van der Waals surface area contributed by atoms with Crippen LogP contribution in [0.3, 0.4) is 0 Å². The molecule has 1 aromatic heterocycles. The van der Waals surface area contributed by atoms with Gasteiger partial charge in [0.05, 0.1) is 19.5 Å². The Kier molecular flexibility index (Phi) is 8.48. The Morgan fingerprint density at radius 1 is 1.29 bits per heavy atom. The molecule has 1 aromatic carbocycles. The van der Waals surface area contributed by atoms with Crippen molar-refractivity contribution < 1.29 is 42.9 Å². The molecule has 14 nitrogen and oxygen atoms in total. The number of aliphatic hydroxyl groups excluding tert-OH is 2. The SMILES string of the molecule is CCOC(=O)[C@H](C)NP(=O)(OC[C@H]1O[C@@H](n2cnc(C(N)=O)c2N)[C@H](O)[C@@H]1O)Oc1ccccc1. The first-order chi connectivity index (χ1) is 16.6. The van der Waals surface area contributed by atoms with Gasteiger partial charge in [-0.25, -0.2) is 9.55 Å². The highest BCUT2D eigenvalue weighted by Gasteiger charge is 2.46. The summed E-state index contributed by atoms with van der Waals surface area (Å²) in [6, 6.07) is 7.03. The maximum absolute atomic E-state index is 13.5. The molecule has 35 heavy (non-hydrogen) atoms. The molecule has 1 unspecified atom stereocenters. The fraction of sp³-hybridized carbons (Fsp3) is 0.450. The third kappa shape index (κ3) is 6.17. The summed E-state index contributed by atoms with van der Waals surface area (Å²) < 4.78 is 36.2. The first kappa shape index (κ1) is 26.6. The van der Waals surface area contributed by atoms with Gasteiger partial charge in [0.25, 0.3) is 5.91 Å². The van der Waals surface area contributed by atoms with Gasteiger partial charge in [0.2, 0.25) is 0 Å². The lowest BCUT2D eigenvalue weighted by Gasteiger charge is -2.24. The van der Waals surface area contributed by atoms with Crippen molar-refractivity contribution in [3.63, 3.8) is 0 Å². The van der Waals surface area contributed by atoms with Gasteiger partial charge in [0.15, 0.2) is 11.9 Å². The Labute approximate surface area is 200 Å². The van der Waals surface area contributed by atoms with E-state index >= 15 is 0 Å². The number of imidazole rings is 1. The molecule has 0 aliphatic carbocycles. The highest BCUT2D eigenvalue weighted by Crippen LogP contribution is 2.46. The Morgan fingerprint density at radius 3 is 2.57 bits per heavy atom. The van der Waals surface area contributed by atoms with Crippen LogP contribution in [0.1, 0.15) is 30.6 Å². The van der Waals surface area contributed by atoms with Crippen LogP contribution in [-0.4, -0.2) is 69.2 Å². The number of ether oxygens (including phenoxy) is 2. The number of hydrogen-bond acceptors (Lipinski definition) is 11. The Bertz CT molecular complexity index is 1080. The predicted molar refractivity (Wildman–Crippen MR) is 121 cm³/mol. The first-order valence-electron chi connectivity index (χ1n) is 10.6. The second-order valence-corrected chi connectivity index (χ2v) is 9.29. The number of rotatable bonds is 11. The number of carbonyl (C=O) groups is 2. The van der Waals surface area contributed by atoms with E-state index < -0.39 is 56.8 Å². The molecular formula is C20H28N5O9P. The standard InChI is InChI=1S/C20H28N5O9P/c1-3-31-20(29)11(2)24-35(30,34-12-7-5-4-6-8-12)32-9-13-15(26)16(27)19(33-13)25-10-23-14(17(25)21)18(22)28/h4-8,10-11,13,15-16,19,26-27H,3,9,21H2,1-2H3,(H2,22,28)(H,24,30)/t11-,13+,15+,16+,19+,35?/m0/s1. The van der Waals surface area contributed by atoms with Crippen LogP contribution in [-0.2, 0) is 23.4 Å². The van der Waals surface area contributed by atoms with Crippen molar-refractivity contribution in [3.05, 3.63) is 42.4 Å². The highest BCUT2D eigenvalue weighted by atomic mass is 31.2. The number of carbonyl (C=O) groups excluding carboxylic acids is 2. The predicted octanol–water partition coefficient (Wildman–Crippen LogP) is -0.0717. The van der Waals surface area contributed by atoms with Gasteiger partial charge in [-0.15, -0.1) is 0 Å². The van der Waals surface area contributed by atoms with Crippen molar-refractivity contribution in [2.75, 3.05) is 18.9 Å². The number of hydrogen-bond donors (Lipinski definition) is 5. The Hall–Kier alpha value is -3.00. The van der Waals surface area contributed by atoms with Crippen LogP contribution < -0.4 is 21.1 Å². The van der Waals surface area contributed by atoms with Crippen LogP contribution in [0.4, 0.5) is 5.82 Å². The number of benzene rings is 1. The van der Waals surface area contributed by atoms with Gasteiger partial charge in [0.1, 0.15) is 35.9 Å². The van der Waals surface area contributed by atoms with E-state index in [0.29, 0.717) is 0 Å². The quantitative estimate of drug-likeness (QED) is 0.197. The summed E-state index contributed by atoms with van der Waals surface area (Å²) in [6.45, 7) is 2.65. The molecule has 1 aliphatic rings. The van der Waals surface area contributed by atoms with Gasteiger partial charge >= 0.3 is 13.7 Å². The largest absolute Gasteiger partial charge is 0.465 e. The van der Waals surface area contributed by atoms with Crippen molar-refractivity contribution in [1.82, 2.24) is 14.6 Å². The highest BCUT2D eigenvalue weighted by molar-refractivity contribution is 7.52. The normalized spacial score (nSPS) is 24.5. The van der Waals surface area contributed by atoms with Gasteiger partial charge in [0, 0.05) is 0 Å². The summed E-state index contributed by atoms with van der Waals surface area (Å²) >= 11 is 0. The molecule has 0 radical (unpaired) electrons. The van der Waals surface area contributed by atoms with Crippen LogP contribution in [0.2, 0.25) is 0 Å². The van der Waals surface area contributed by atoms with Crippen molar-refractivity contribution in [1.29, 1.82) is 0 Å². The van der Waals surface area contributed by atoms with Crippen LogP contribution in [0.5, 0.6) is 5.75 Å². The number of aromatic nitrogens is 2. The number of nitrogens with two attached hydrogens (primary N) is 2. The number of nitrogens with zero attached hydrogens (tertiary/aromatic N) is 2. The molecule has 2 heterocycles. The molecule has 6 atom stereocenters. The van der Waals surface area contributed by atoms with E-state index in [0.717, 1.165) is 10.9 Å². The molecule has 0 spiro atoms. The minimum Gasteiger partial charge on any atom is -0.465 e. The van der Waals surface area contributed by atoms with Gasteiger partial charge in [-0.1, -0.05) is 18.2 Å². The maximum atomic E-state index is 13.5. The first-order valence-corrected chi connectivity index (χ1v) is 12.2. The monoisotopic (exact) mass is 513 g/mol. The summed E-state index contributed by atoms with van der Waals surface area (Å²) in [4.78, 5) is 27.2. The van der Waals surface area contributed by atoms with E-state index in [1.165, 1.54) is 19.1 Å². The molecule has 1 fully saturated rings.